The molecule has 0 aromatic carbocycles. The van der Waals surface area contributed by atoms with Crippen molar-refractivity contribution in [3.05, 3.63) is 0 Å². The number of amides is 1. The molecule has 4 nitrogen and oxygen atoms in total. The molecule has 0 aliphatic heterocycles. The van der Waals surface area contributed by atoms with Gasteiger partial charge in [0, 0.05) is 13.1 Å². The van der Waals surface area contributed by atoms with Crippen molar-refractivity contribution in [2.75, 3.05) is 27.2 Å². The number of hydrogen-bond donors (Lipinski definition) is 2. The van der Waals surface area contributed by atoms with Gasteiger partial charge < -0.3 is 16.0 Å². The highest BCUT2D eigenvalue weighted by atomic mass is 16.1. The average molecular weight is 215 g/mol. The van der Waals surface area contributed by atoms with E-state index in [1.165, 1.54) is 0 Å². The second-order valence-corrected chi connectivity index (χ2v) is 4.28. The molecule has 0 fully saturated rings. The van der Waals surface area contributed by atoms with Crippen molar-refractivity contribution in [2.45, 2.75) is 38.6 Å². The van der Waals surface area contributed by atoms with Crippen LogP contribution in [0.25, 0.3) is 0 Å². The van der Waals surface area contributed by atoms with E-state index in [1.807, 2.05) is 21.0 Å². The van der Waals surface area contributed by atoms with Gasteiger partial charge in [0.2, 0.25) is 5.91 Å². The zero-order chi connectivity index (χ0) is 11.9. The van der Waals surface area contributed by atoms with E-state index < -0.39 is 5.54 Å². The lowest BCUT2D eigenvalue weighted by Crippen LogP contribution is -2.56. The number of likely N-dealkylation sites (N-methyl/N-ethyl adjacent to an activating group) is 1. The number of nitrogens with two attached hydrogens (primary N) is 1. The van der Waals surface area contributed by atoms with E-state index in [2.05, 4.69) is 17.1 Å². The third kappa shape index (κ3) is 4.62. The number of hydrogen-bond acceptors (Lipinski definition) is 3. The Labute approximate surface area is 93.2 Å². The van der Waals surface area contributed by atoms with Crippen LogP contribution >= 0.6 is 0 Å². The SMILES string of the molecule is CCCC(CC)(NCCN(C)C)C(N)=O. The van der Waals surface area contributed by atoms with Crippen LogP contribution < -0.4 is 11.1 Å². The summed E-state index contributed by atoms with van der Waals surface area (Å²) >= 11 is 0. The lowest BCUT2D eigenvalue weighted by molar-refractivity contribution is -0.125. The maximum absolute atomic E-state index is 11.5. The van der Waals surface area contributed by atoms with Crippen LogP contribution in [0, 0.1) is 0 Å². The fourth-order valence-electron chi connectivity index (χ4n) is 1.72. The first-order chi connectivity index (χ1) is 6.98. The van der Waals surface area contributed by atoms with E-state index >= 15 is 0 Å². The Kier molecular flexibility index (Phi) is 6.52. The van der Waals surface area contributed by atoms with Crippen LogP contribution in [0.5, 0.6) is 0 Å². The molecule has 90 valence electrons. The maximum atomic E-state index is 11.5. The summed E-state index contributed by atoms with van der Waals surface area (Å²) in [5.74, 6) is -0.231. The van der Waals surface area contributed by atoms with Crippen LogP contribution in [0.4, 0.5) is 0 Å². The molecule has 0 saturated carbocycles. The zero-order valence-corrected chi connectivity index (χ0v) is 10.5. The van der Waals surface area contributed by atoms with Gasteiger partial charge in [-0.15, -0.1) is 0 Å². The van der Waals surface area contributed by atoms with Crippen LogP contribution in [0.3, 0.4) is 0 Å². The summed E-state index contributed by atoms with van der Waals surface area (Å²) in [4.78, 5) is 13.5. The summed E-state index contributed by atoms with van der Waals surface area (Å²) in [6.07, 6.45) is 2.53. The Morgan fingerprint density at radius 3 is 2.33 bits per heavy atom. The number of primary amides is 1. The van der Waals surface area contributed by atoms with E-state index in [9.17, 15) is 4.79 Å². The van der Waals surface area contributed by atoms with Gasteiger partial charge in [-0.05, 0) is 26.9 Å². The third-order valence-corrected chi connectivity index (χ3v) is 2.77. The van der Waals surface area contributed by atoms with E-state index in [0.717, 1.165) is 32.4 Å². The zero-order valence-electron chi connectivity index (χ0n) is 10.5. The molecule has 0 aliphatic rings. The van der Waals surface area contributed by atoms with E-state index in [1.54, 1.807) is 0 Å². The summed E-state index contributed by atoms with van der Waals surface area (Å²) in [5.41, 5.74) is 4.96. The third-order valence-electron chi connectivity index (χ3n) is 2.77. The van der Waals surface area contributed by atoms with Crippen LogP contribution in [0.1, 0.15) is 33.1 Å². The van der Waals surface area contributed by atoms with Crippen molar-refractivity contribution in [1.82, 2.24) is 10.2 Å². The molecule has 1 atom stereocenters. The standard InChI is InChI=1S/C11H25N3O/c1-5-7-11(6-2,10(12)15)13-8-9-14(3)4/h13H,5-9H2,1-4H3,(H2,12,15). The largest absolute Gasteiger partial charge is 0.368 e. The molecule has 1 unspecified atom stereocenters. The van der Waals surface area contributed by atoms with Gasteiger partial charge in [-0.1, -0.05) is 20.3 Å². The molecule has 0 heterocycles. The van der Waals surface area contributed by atoms with Gasteiger partial charge in [-0.3, -0.25) is 4.79 Å². The summed E-state index contributed by atoms with van der Waals surface area (Å²) < 4.78 is 0. The quantitative estimate of drug-likeness (QED) is 0.622. The molecule has 0 aromatic rings. The maximum Gasteiger partial charge on any atom is 0.237 e. The molecule has 0 saturated heterocycles. The molecule has 0 aliphatic carbocycles. The Balaban J connectivity index is 4.28. The van der Waals surface area contributed by atoms with Crippen molar-refractivity contribution in [3.63, 3.8) is 0 Å². The lowest BCUT2D eigenvalue weighted by Gasteiger charge is -2.31. The van der Waals surface area contributed by atoms with Crippen LogP contribution in [-0.2, 0) is 4.79 Å². The van der Waals surface area contributed by atoms with Crippen molar-refractivity contribution < 1.29 is 4.79 Å². The fraction of sp³-hybridized carbons (Fsp3) is 0.909. The fourth-order valence-corrected chi connectivity index (χ4v) is 1.72. The minimum Gasteiger partial charge on any atom is -0.368 e. The Morgan fingerprint density at radius 2 is 2.00 bits per heavy atom. The molecule has 0 bridgehead atoms. The van der Waals surface area contributed by atoms with Gasteiger partial charge in [0.1, 0.15) is 0 Å². The highest BCUT2D eigenvalue weighted by Crippen LogP contribution is 2.16. The number of nitrogens with zero attached hydrogens (tertiary/aromatic N) is 1. The molecule has 0 radical (unpaired) electrons. The molecule has 1 amide bonds. The number of carbonyl (C=O) groups is 1. The van der Waals surface area contributed by atoms with Gasteiger partial charge in [0.25, 0.3) is 0 Å². The summed E-state index contributed by atoms with van der Waals surface area (Å²) in [6, 6.07) is 0. The molecule has 0 aromatic heterocycles. The lowest BCUT2D eigenvalue weighted by atomic mass is 9.90. The molecular formula is C11H25N3O. The van der Waals surface area contributed by atoms with Crippen molar-refractivity contribution >= 4 is 5.91 Å². The minimum absolute atomic E-state index is 0.231. The smallest absolute Gasteiger partial charge is 0.237 e. The normalized spacial score (nSPS) is 15.3. The Morgan fingerprint density at radius 1 is 1.40 bits per heavy atom. The second kappa shape index (κ2) is 6.80. The van der Waals surface area contributed by atoms with Gasteiger partial charge in [-0.2, -0.15) is 0 Å². The number of carbonyl (C=O) groups excluding carboxylic acids is 1. The Hall–Kier alpha value is -0.610. The molecule has 4 heteroatoms. The predicted molar refractivity (Wildman–Crippen MR) is 63.7 cm³/mol. The minimum atomic E-state index is -0.509. The average Bonchev–Trinajstić information content (AvgIpc) is 2.15. The van der Waals surface area contributed by atoms with Crippen molar-refractivity contribution in [3.8, 4) is 0 Å². The molecule has 15 heavy (non-hydrogen) atoms. The first-order valence-electron chi connectivity index (χ1n) is 5.68. The molecule has 3 N–H and O–H groups in total. The van der Waals surface area contributed by atoms with Gasteiger partial charge in [0.15, 0.2) is 0 Å². The first-order valence-corrected chi connectivity index (χ1v) is 5.68. The van der Waals surface area contributed by atoms with Gasteiger partial charge in [-0.25, -0.2) is 0 Å². The van der Waals surface area contributed by atoms with E-state index in [4.69, 9.17) is 5.73 Å². The highest BCUT2D eigenvalue weighted by Gasteiger charge is 2.32. The summed E-state index contributed by atoms with van der Waals surface area (Å²) in [7, 11) is 4.03. The van der Waals surface area contributed by atoms with Gasteiger partial charge >= 0.3 is 0 Å². The van der Waals surface area contributed by atoms with Crippen molar-refractivity contribution in [1.29, 1.82) is 0 Å². The number of nitrogens with one attached hydrogen (secondary N) is 1. The van der Waals surface area contributed by atoms with Crippen LogP contribution in [-0.4, -0.2) is 43.5 Å². The van der Waals surface area contributed by atoms with Crippen molar-refractivity contribution in [2.24, 2.45) is 5.73 Å². The first kappa shape index (κ1) is 14.4. The topological polar surface area (TPSA) is 58.4 Å². The van der Waals surface area contributed by atoms with Gasteiger partial charge in [0.05, 0.1) is 5.54 Å². The van der Waals surface area contributed by atoms with E-state index in [0.29, 0.717) is 0 Å². The molecule has 0 spiro atoms. The molecular weight excluding hydrogens is 190 g/mol. The Bertz CT molecular complexity index is 194. The number of rotatable bonds is 8. The second-order valence-electron chi connectivity index (χ2n) is 4.28. The highest BCUT2D eigenvalue weighted by molar-refractivity contribution is 5.84. The summed E-state index contributed by atoms with van der Waals surface area (Å²) in [6.45, 7) is 5.78. The van der Waals surface area contributed by atoms with E-state index in [-0.39, 0.29) is 5.91 Å². The molecule has 0 rings (SSSR count). The predicted octanol–water partition coefficient (Wildman–Crippen LogP) is 0.572. The summed E-state index contributed by atoms with van der Waals surface area (Å²) in [5, 5.41) is 3.30. The monoisotopic (exact) mass is 215 g/mol. The van der Waals surface area contributed by atoms with Crippen LogP contribution in [0.15, 0.2) is 0 Å². The van der Waals surface area contributed by atoms with Crippen LogP contribution in [0.2, 0.25) is 0 Å².